The molecule has 0 saturated carbocycles. The maximum absolute atomic E-state index is 12.5. The molecule has 1 amide bonds. The van der Waals surface area contributed by atoms with Crippen molar-refractivity contribution in [2.75, 3.05) is 13.1 Å². The molecule has 1 N–H and O–H groups in total. The van der Waals surface area contributed by atoms with Crippen LogP contribution < -0.4 is 5.32 Å². The molecular weight excluding hydrogens is 232 g/mol. The topological polar surface area (TPSA) is 32.3 Å². The first-order valence-electron chi connectivity index (χ1n) is 6.18. The van der Waals surface area contributed by atoms with Crippen molar-refractivity contribution in [1.29, 1.82) is 0 Å². The lowest BCUT2D eigenvalue weighted by atomic mass is 10.0. The molecule has 1 aromatic heterocycles. The summed E-state index contributed by atoms with van der Waals surface area (Å²) in [6, 6.07) is 4.71. The number of carbonyl (C=O) groups excluding carboxylic acids is 1. The molecule has 2 heterocycles. The molecule has 3 unspecified atom stereocenters. The Balaban J connectivity index is 2.09. The van der Waals surface area contributed by atoms with Gasteiger partial charge in [-0.3, -0.25) is 4.79 Å². The van der Waals surface area contributed by atoms with E-state index in [0.29, 0.717) is 6.04 Å². The molecule has 17 heavy (non-hydrogen) atoms. The molecule has 0 aromatic carbocycles. The number of hydrogen-bond acceptors (Lipinski definition) is 3. The Morgan fingerprint density at radius 2 is 2.35 bits per heavy atom. The average Bonchev–Trinajstić information content (AvgIpc) is 2.84. The molecule has 1 saturated heterocycles. The third-order valence-corrected chi connectivity index (χ3v) is 4.71. The summed E-state index contributed by atoms with van der Waals surface area (Å²) in [6.45, 7) is 7.98. The minimum Gasteiger partial charge on any atom is -0.337 e. The van der Waals surface area contributed by atoms with Gasteiger partial charge in [-0.1, -0.05) is 6.07 Å². The van der Waals surface area contributed by atoms with E-state index in [1.165, 1.54) is 0 Å². The molecule has 4 heteroatoms. The van der Waals surface area contributed by atoms with Crippen molar-refractivity contribution in [3.05, 3.63) is 22.4 Å². The van der Waals surface area contributed by atoms with Crippen molar-refractivity contribution in [1.82, 2.24) is 10.2 Å². The molecule has 2 rings (SSSR count). The Hall–Kier alpha value is -0.870. The van der Waals surface area contributed by atoms with Crippen LogP contribution >= 0.6 is 11.3 Å². The summed E-state index contributed by atoms with van der Waals surface area (Å²) in [6.07, 6.45) is 0. The summed E-state index contributed by atoms with van der Waals surface area (Å²) < 4.78 is 0. The fourth-order valence-corrected chi connectivity index (χ4v) is 3.05. The highest BCUT2D eigenvalue weighted by Crippen LogP contribution is 2.24. The quantitative estimate of drug-likeness (QED) is 0.874. The van der Waals surface area contributed by atoms with Gasteiger partial charge >= 0.3 is 0 Å². The maximum Gasteiger partial charge on any atom is 0.231 e. The first kappa shape index (κ1) is 12.6. The Labute approximate surface area is 107 Å². The first-order valence-corrected chi connectivity index (χ1v) is 7.06. The van der Waals surface area contributed by atoms with Crippen molar-refractivity contribution in [3.63, 3.8) is 0 Å². The zero-order valence-electron chi connectivity index (χ0n) is 10.6. The fraction of sp³-hybridized carbons (Fsp3) is 0.615. The second-order valence-corrected chi connectivity index (χ2v) is 5.73. The van der Waals surface area contributed by atoms with Crippen molar-refractivity contribution < 1.29 is 4.79 Å². The highest BCUT2D eigenvalue weighted by Gasteiger charge is 2.31. The van der Waals surface area contributed by atoms with Crippen LogP contribution in [-0.2, 0) is 4.79 Å². The van der Waals surface area contributed by atoms with Gasteiger partial charge in [0.05, 0.1) is 5.92 Å². The van der Waals surface area contributed by atoms with Gasteiger partial charge in [0.15, 0.2) is 0 Å². The van der Waals surface area contributed by atoms with Crippen LogP contribution in [0.5, 0.6) is 0 Å². The Kier molecular flexibility index (Phi) is 3.84. The molecule has 1 fully saturated rings. The summed E-state index contributed by atoms with van der Waals surface area (Å²) in [4.78, 5) is 15.6. The second-order valence-electron chi connectivity index (χ2n) is 4.75. The van der Waals surface area contributed by atoms with Gasteiger partial charge in [-0.15, -0.1) is 11.3 Å². The van der Waals surface area contributed by atoms with E-state index in [1.54, 1.807) is 11.3 Å². The maximum atomic E-state index is 12.5. The third kappa shape index (κ3) is 2.53. The smallest absolute Gasteiger partial charge is 0.231 e. The lowest BCUT2D eigenvalue weighted by Gasteiger charge is -2.39. The minimum absolute atomic E-state index is 0.0113. The highest BCUT2D eigenvalue weighted by molar-refractivity contribution is 7.10. The number of hydrogen-bond donors (Lipinski definition) is 1. The standard InChI is InChI=1S/C13H20N2OS/c1-9(12-5-4-8-17-12)13(16)15-7-6-14-10(2)11(15)3/h4-5,8-11,14H,6-7H2,1-3H3. The normalized spacial score (nSPS) is 26.9. The predicted molar refractivity (Wildman–Crippen MR) is 71.4 cm³/mol. The fourth-order valence-electron chi connectivity index (χ4n) is 2.28. The zero-order valence-corrected chi connectivity index (χ0v) is 11.5. The number of nitrogens with one attached hydrogen (secondary N) is 1. The van der Waals surface area contributed by atoms with Gasteiger partial charge in [0.1, 0.15) is 0 Å². The van der Waals surface area contributed by atoms with Gasteiger partial charge in [-0.2, -0.15) is 0 Å². The molecule has 0 aliphatic carbocycles. The van der Waals surface area contributed by atoms with Gasteiger partial charge in [-0.05, 0) is 32.2 Å². The van der Waals surface area contributed by atoms with E-state index in [1.807, 2.05) is 29.3 Å². The van der Waals surface area contributed by atoms with Gasteiger partial charge in [0.25, 0.3) is 0 Å². The van der Waals surface area contributed by atoms with Crippen LogP contribution in [0.2, 0.25) is 0 Å². The van der Waals surface area contributed by atoms with Gasteiger partial charge in [-0.25, -0.2) is 0 Å². The van der Waals surface area contributed by atoms with E-state index in [0.717, 1.165) is 18.0 Å². The highest BCUT2D eigenvalue weighted by atomic mass is 32.1. The molecule has 0 radical (unpaired) electrons. The Morgan fingerprint density at radius 3 is 3.00 bits per heavy atom. The summed E-state index contributed by atoms with van der Waals surface area (Å²) in [5.74, 6) is 0.246. The van der Waals surface area contributed by atoms with Crippen LogP contribution in [0.1, 0.15) is 31.6 Å². The van der Waals surface area contributed by atoms with E-state index in [9.17, 15) is 4.79 Å². The largest absolute Gasteiger partial charge is 0.337 e. The third-order valence-electron chi connectivity index (χ3n) is 3.66. The molecule has 3 atom stereocenters. The lowest BCUT2D eigenvalue weighted by Crippen LogP contribution is -2.57. The van der Waals surface area contributed by atoms with E-state index in [-0.39, 0.29) is 17.9 Å². The first-order chi connectivity index (χ1) is 8.11. The molecule has 0 bridgehead atoms. The molecule has 1 aliphatic heterocycles. The number of rotatable bonds is 2. The molecule has 3 nitrogen and oxygen atoms in total. The predicted octanol–water partition coefficient (Wildman–Crippen LogP) is 2.06. The number of thiophene rings is 1. The summed E-state index contributed by atoms with van der Waals surface area (Å²) >= 11 is 1.66. The summed E-state index contributed by atoms with van der Waals surface area (Å²) in [5.41, 5.74) is 0. The number of carbonyl (C=O) groups is 1. The number of nitrogens with zero attached hydrogens (tertiary/aromatic N) is 1. The Morgan fingerprint density at radius 1 is 1.59 bits per heavy atom. The minimum atomic E-state index is -0.0113. The summed E-state index contributed by atoms with van der Waals surface area (Å²) in [5, 5.41) is 5.43. The van der Waals surface area contributed by atoms with E-state index in [4.69, 9.17) is 0 Å². The van der Waals surface area contributed by atoms with Crippen molar-refractivity contribution >= 4 is 17.2 Å². The Bertz CT molecular complexity index is 377. The average molecular weight is 252 g/mol. The van der Waals surface area contributed by atoms with E-state index >= 15 is 0 Å². The van der Waals surface area contributed by atoms with Gasteiger partial charge < -0.3 is 10.2 Å². The number of piperazine rings is 1. The second kappa shape index (κ2) is 5.19. The molecule has 1 aliphatic rings. The zero-order chi connectivity index (χ0) is 12.4. The van der Waals surface area contributed by atoms with Gasteiger partial charge in [0, 0.05) is 30.1 Å². The molecule has 1 aromatic rings. The number of amides is 1. The van der Waals surface area contributed by atoms with Crippen LogP contribution in [0.3, 0.4) is 0 Å². The van der Waals surface area contributed by atoms with E-state index in [2.05, 4.69) is 19.2 Å². The monoisotopic (exact) mass is 252 g/mol. The summed E-state index contributed by atoms with van der Waals surface area (Å²) in [7, 11) is 0. The van der Waals surface area contributed by atoms with E-state index < -0.39 is 0 Å². The SMILES string of the molecule is CC(C(=O)N1CCNC(C)C1C)c1cccs1. The lowest BCUT2D eigenvalue weighted by molar-refractivity contribution is -0.136. The van der Waals surface area contributed by atoms with Crippen LogP contribution in [0.15, 0.2) is 17.5 Å². The molecule has 94 valence electrons. The van der Waals surface area contributed by atoms with Crippen molar-refractivity contribution in [2.45, 2.75) is 38.8 Å². The molecular formula is C13H20N2OS. The van der Waals surface area contributed by atoms with Crippen LogP contribution in [0, 0.1) is 0 Å². The van der Waals surface area contributed by atoms with Crippen LogP contribution in [-0.4, -0.2) is 36.0 Å². The van der Waals surface area contributed by atoms with Gasteiger partial charge in [0.2, 0.25) is 5.91 Å². The van der Waals surface area contributed by atoms with Crippen LogP contribution in [0.4, 0.5) is 0 Å². The van der Waals surface area contributed by atoms with Crippen molar-refractivity contribution in [2.24, 2.45) is 0 Å². The molecule has 0 spiro atoms. The van der Waals surface area contributed by atoms with Crippen LogP contribution in [0.25, 0.3) is 0 Å². The van der Waals surface area contributed by atoms with Crippen molar-refractivity contribution in [3.8, 4) is 0 Å².